The Bertz CT molecular complexity index is 963. The number of aliphatic hydroxyl groups is 1. The molecule has 160 valence electrons. The van der Waals surface area contributed by atoms with Gasteiger partial charge in [0.2, 0.25) is 11.7 Å². The minimum Gasteiger partial charge on any atom is -0.378 e. The summed E-state index contributed by atoms with van der Waals surface area (Å²) in [6, 6.07) is 4.55. The standard InChI is InChI=1S/C18H15F4N3O5/c19-12-6-1-9(8-14(12)25(29)30)7-13(16(23)27)24-17(28)15(26)10-2-4-11(5-3-10)18(20,21)22/h1-6,8,13,15,26H,7H2,(H2,23,27)(H,24,28)/t13-,15+/m1/s1. The second-order valence-corrected chi connectivity index (χ2v) is 6.23. The first kappa shape index (κ1) is 22.7. The first-order valence-corrected chi connectivity index (χ1v) is 8.28. The molecule has 30 heavy (non-hydrogen) atoms. The Kier molecular flexibility index (Phi) is 6.72. The third kappa shape index (κ3) is 5.50. The van der Waals surface area contributed by atoms with Gasteiger partial charge in [0.25, 0.3) is 5.91 Å². The fraction of sp³-hybridized carbons (Fsp3) is 0.222. The summed E-state index contributed by atoms with van der Waals surface area (Å²) >= 11 is 0. The summed E-state index contributed by atoms with van der Waals surface area (Å²) in [5.74, 6) is -3.27. The molecule has 0 aliphatic heterocycles. The summed E-state index contributed by atoms with van der Waals surface area (Å²) in [6.07, 6.45) is -6.85. The summed E-state index contributed by atoms with van der Waals surface area (Å²) in [6.45, 7) is 0. The predicted octanol–water partition coefficient (Wildman–Crippen LogP) is 2.00. The van der Waals surface area contributed by atoms with E-state index in [1.165, 1.54) is 0 Å². The van der Waals surface area contributed by atoms with Crippen molar-refractivity contribution in [3.05, 3.63) is 75.1 Å². The van der Waals surface area contributed by atoms with Crippen molar-refractivity contribution in [1.82, 2.24) is 5.32 Å². The lowest BCUT2D eigenvalue weighted by atomic mass is 10.0. The molecule has 2 aromatic carbocycles. The van der Waals surface area contributed by atoms with Crippen LogP contribution in [0.3, 0.4) is 0 Å². The largest absolute Gasteiger partial charge is 0.416 e. The van der Waals surface area contributed by atoms with Gasteiger partial charge in [-0.2, -0.15) is 17.6 Å². The number of halogens is 4. The Morgan fingerprint density at radius 2 is 1.77 bits per heavy atom. The van der Waals surface area contributed by atoms with Crippen molar-refractivity contribution >= 4 is 17.5 Å². The van der Waals surface area contributed by atoms with Crippen molar-refractivity contribution in [3.8, 4) is 0 Å². The van der Waals surface area contributed by atoms with E-state index in [0.29, 0.717) is 12.1 Å². The summed E-state index contributed by atoms with van der Waals surface area (Å²) in [5, 5.41) is 23.0. The molecule has 0 aliphatic rings. The number of hydrogen-bond acceptors (Lipinski definition) is 5. The number of nitrogens with one attached hydrogen (secondary N) is 1. The smallest absolute Gasteiger partial charge is 0.378 e. The molecule has 0 aliphatic carbocycles. The number of amides is 2. The van der Waals surface area contributed by atoms with E-state index < -0.39 is 52.1 Å². The molecular weight excluding hydrogens is 414 g/mol. The van der Waals surface area contributed by atoms with E-state index in [9.17, 15) is 42.4 Å². The number of nitro benzene ring substituents is 1. The number of carbonyl (C=O) groups is 2. The molecule has 2 rings (SSSR count). The maximum absolute atomic E-state index is 13.4. The van der Waals surface area contributed by atoms with Crippen LogP contribution in [-0.4, -0.2) is 27.9 Å². The van der Waals surface area contributed by atoms with Crippen LogP contribution < -0.4 is 11.1 Å². The molecule has 0 saturated heterocycles. The zero-order valence-electron chi connectivity index (χ0n) is 15.0. The molecule has 2 amide bonds. The lowest BCUT2D eigenvalue weighted by Gasteiger charge is -2.18. The molecule has 0 radical (unpaired) electrons. The molecule has 2 atom stereocenters. The molecule has 0 unspecified atom stereocenters. The molecule has 0 heterocycles. The average molecular weight is 429 g/mol. The monoisotopic (exact) mass is 429 g/mol. The Morgan fingerprint density at radius 3 is 2.27 bits per heavy atom. The van der Waals surface area contributed by atoms with Gasteiger partial charge >= 0.3 is 11.9 Å². The third-order valence-electron chi connectivity index (χ3n) is 4.11. The van der Waals surface area contributed by atoms with E-state index in [1.54, 1.807) is 0 Å². The first-order valence-electron chi connectivity index (χ1n) is 8.28. The summed E-state index contributed by atoms with van der Waals surface area (Å²) in [5.41, 5.74) is 3.32. The summed E-state index contributed by atoms with van der Waals surface area (Å²) in [7, 11) is 0. The van der Waals surface area contributed by atoms with Crippen molar-refractivity contribution in [2.75, 3.05) is 0 Å². The topological polar surface area (TPSA) is 136 Å². The van der Waals surface area contributed by atoms with Gasteiger partial charge in [0.1, 0.15) is 6.04 Å². The van der Waals surface area contributed by atoms with E-state index in [-0.39, 0.29) is 17.5 Å². The van der Waals surface area contributed by atoms with E-state index in [2.05, 4.69) is 5.32 Å². The van der Waals surface area contributed by atoms with Gasteiger partial charge in [-0.3, -0.25) is 19.7 Å². The normalized spacial score (nSPS) is 13.4. The van der Waals surface area contributed by atoms with E-state index in [4.69, 9.17) is 5.73 Å². The van der Waals surface area contributed by atoms with E-state index >= 15 is 0 Å². The number of nitrogens with two attached hydrogens (primary N) is 1. The lowest BCUT2D eigenvalue weighted by Crippen LogP contribution is -2.47. The van der Waals surface area contributed by atoms with Gasteiger partial charge in [0.05, 0.1) is 10.5 Å². The second-order valence-electron chi connectivity index (χ2n) is 6.23. The van der Waals surface area contributed by atoms with Gasteiger partial charge in [0.15, 0.2) is 6.10 Å². The van der Waals surface area contributed by atoms with Crippen LogP contribution in [0.1, 0.15) is 22.8 Å². The molecule has 12 heteroatoms. The fourth-order valence-electron chi connectivity index (χ4n) is 2.54. The number of aliphatic hydroxyl groups excluding tert-OH is 1. The highest BCUT2D eigenvalue weighted by Gasteiger charge is 2.31. The van der Waals surface area contributed by atoms with Crippen LogP contribution in [0.4, 0.5) is 23.2 Å². The number of benzene rings is 2. The maximum Gasteiger partial charge on any atom is 0.416 e. The van der Waals surface area contributed by atoms with Crippen molar-refractivity contribution in [3.63, 3.8) is 0 Å². The first-order chi connectivity index (χ1) is 13.9. The number of hydrogen-bond donors (Lipinski definition) is 3. The highest BCUT2D eigenvalue weighted by molar-refractivity contribution is 5.89. The van der Waals surface area contributed by atoms with Crippen molar-refractivity contribution < 1.29 is 37.2 Å². The van der Waals surface area contributed by atoms with Gasteiger partial charge in [0, 0.05) is 12.5 Å². The molecule has 8 nitrogen and oxygen atoms in total. The van der Waals surface area contributed by atoms with E-state index in [1.807, 2.05) is 0 Å². The maximum atomic E-state index is 13.4. The quantitative estimate of drug-likeness (QED) is 0.351. The summed E-state index contributed by atoms with van der Waals surface area (Å²) < 4.78 is 51.2. The fourth-order valence-corrected chi connectivity index (χ4v) is 2.54. The molecule has 0 saturated carbocycles. The van der Waals surface area contributed by atoms with Crippen molar-refractivity contribution in [2.24, 2.45) is 5.73 Å². The van der Waals surface area contributed by atoms with Gasteiger partial charge < -0.3 is 16.2 Å². The van der Waals surface area contributed by atoms with Gasteiger partial charge in [-0.1, -0.05) is 18.2 Å². The van der Waals surface area contributed by atoms with Gasteiger partial charge in [-0.15, -0.1) is 0 Å². The number of rotatable bonds is 7. The van der Waals surface area contributed by atoms with Gasteiger partial charge in [-0.25, -0.2) is 0 Å². The van der Waals surface area contributed by atoms with Crippen LogP contribution in [0, 0.1) is 15.9 Å². The minimum absolute atomic E-state index is 0.108. The third-order valence-corrected chi connectivity index (χ3v) is 4.11. The predicted molar refractivity (Wildman–Crippen MR) is 94.3 cm³/mol. The van der Waals surface area contributed by atoms with Crippen molar-refractivity contribution in [2.45, 2.75) is 24.7 Å². The zero-order valence-corrected chi connectivity index (χ0v) is 15.0. The van der Waals surface area contributed by atoms with Gasteiger partial charge in [-0.05, 0) is 29.3 Å². The molecule has 2 aromatic rings. The average Bonchev–Trinajstić information content (AvgIpc) is 2.67. The molecular formula is C18H15F4N3O5. The van der Waals surface area contributed by atoms with Crippen LogP contribution in [-0.2, 0) is 22.2 Å². The highest BCUT2D eigenvalue weighted by Crippen LogP contribution is 2.30. The number of nitrogens with zero attached hydrogens (tertiary/aromatic N) is 1. The number of carbonyl (C=O) groups excluding carboxylic acids is 2. The Morgan fingerprint density at radius 1 is 1.17 bits per heavy atom. The molecule has 4 N–H and O–H groups in total. The van der Waals surface area contributed by atoms with Crippen LogP contribution in [0.15, 0.2) is 42.5 Å². The number of alkyl halides is 3. The second kappa shape index (κ2) is 8.86. The molecule has 0 spiro atoms. The Balaban J connectivity index is 2.14. The zero-order chi connectivity index (χ0) is 22.6. The SMILES string of the molecule is NC(=O)[C@@H](Cc1ccc(F)c([N+](=O)[O-])c1)NC(=O)[C@@H](O)c1ccc(C(F)(F)F)cc1. The minimum atomic E-state index is -4.60. The van der Waals surface area contributed by atoms with E-state index in [0.717, 1.165) is 30.3 Å². The Labute approximate surface area is 166 Å². The highest BCUT2D eigenvalue weighted by atomic mass is 19.4. The lowest BCUT2D eigenvalue weighted by molar-refractivity contribution is -0.387. The van der Waals surface area contributed by atoms with Crippen LogP contribution in [0.25, 0.3) is 0 Å². The van der Waals surface area contributed by atoms with Crippen LogP contribution >= 0.6 is 0 Å². The van der Waals surface area contributed by atoms with Crippen LogP contribution in [0.2, 0.25) is 0 Å². The van der Waals surface area contributed by atoms with Crippen LogP contribution in [0.5, 0.6) is 0 Å². The van der Waals surface area contributed by atoms with Crippen molar-refractivity contribution in [1.29, 1.82) is 0 Å². The number of primary amides is 1. The molecule has 0 bridgehead atoms. The number of nitro groups is 1. The summed E-state index contributed by atoms with van der Waals surface area (Å²) in [4.78, 5) is 33.7. The Hall–Kier alpha value is -3.54. The molecule has 0 aromatic heterocycles. The molecule has 0 fully saturated rings.